The smallest absolute Gasteiger partial charge is 0.119 e. The molecule has 0 radical (unpaired) electrons. The quantitative estimate of drug-likeness (QED) is 0.942. The van der Waals surface area contributed by atoms with Gasteiger partial charge in [0.05, 0.1) is 23.6 Å². The number of aliphatic hydroxyl groups excluding tert-OH is 1. The molecule has 0 bridgehead atoms. The van der Waals surface area contributed by atoms with Gasteiger partial charge in [0.2, 0.25) is 0 Å². The standard InChI is InChI=1S/C12H12BrNO2S/c1-16-9-2-3-10(13)8(4-9)5-11(15)12-6-14-7-17-12/h2-4,6-7,11,15H,5H2,1H3. The SMILES string of the molecule is COc1ccc(Br)c(CC(O)c2cncs2)c1. The Morgan fingerprint density at radius 3 is 3.00 bits per heavy atom. The predicted molar refractivity (Wildman–Crippen MR) is 71.5 cm³/mol. The number of aliphatic hydroxyl groups is 1. The molecule has 2 aromatic rings. The zero-order chi connectivity index (χ0) is 12.3. The number of nitrogens with zero attached hydrogens (tertiary/aromatic N) is 1. The molecule has 0 saturated heterocycles. The van der Waals surface area contributed by atoms with E-state index in [4.69, 9.17) is 4.74 Å². The van der Waals surface area contributed by atoms with Gasteiger partial charge in [0.25, 0.3) is 0 Å². The highest BCUT2D eigenvalue weighted by Gasteiger charge is 2.12. The number of ether oxygens (including phenoxy) is 1. The van der Waals surface area contributed by atoms with Crippen LogP contribution in [-0.4, -0.2) is 17.2 Å². The van der Waals surface area contributed by atoms with Crippen LogP contribution in [0.5, 0.6) is 5.75 Å². The third kappa shape index (κ3) is 3.06. The number of benzene rings is 1. The fourth-order valence-corrected chi connectivity index (χ4v) is 2.55. The third-order valence-corrected chi connectivity index (χ3v) is 4.10. The van der Waals surface area contributed by atoms with Crippen LogP contribution in [-0.2, 0) is 6.42 Å². The van der Waals surface area contributed by atoms with Crippen LogP contribution in [0.25, 0.3) is 0 Å². The topological polar surface area (TPSA) is 42.4 Å². The molecule has 1 atom stereocenters. The van der Waals surface area contributed by atoms with Crippen molar-refractivity contribution in [2.24, 2.45) is 0 Å². The molecular weight excluding hydrogens is 302 g/mol. The summed E-state index contributed by atoms with van der Waals surface area (Å²) in [4.78, 5) is 4.84. The molecule has 1 aromatic heterocycles. The van der Waals surface area contributed by atoms with Gasteiger partial charge in [-0.05, 0) is 23.8 Å². The first kappa shape index (κ1) is 12.5. The molecule has 1 unspecified atom stereocenters. The van der Waals surface area contributed by atoms with Crippen LogP contribution in [0.1, 0.15) is 16.5 Å². The zero-order valence-corrected chi connectivity index (χ0v) is 11.7. The maximum atomic E-state index is 10.1. The van der Waals surface area contributed by atoms with Crippen molar-refractivity contribution in [2.75, 3.05) is 7.11 Å². The molecule has 0 aliphatic carbocycles. The van der Waals surface area contributed by atoms with Crippen molar-refractivity contribution in [3.05, 3.63) is 44.8 Å². The highest BCUT2D eigenvalue weighted by molar-refractivity contribution is 9.10. The van der Waals surface area contributed by atoms with Crippen molar-refractivity contribution in [2.45, 2.75) is 12.5 Å². The van der Waals surface area contributed by atoms with E-state index < -0.39 is 6.10 Å². The Hall–Kier alpha value is -0.910. The molecule has 17 heavy (non-hydrogen) atoms. The van der Waals surface area contributed by atoms with E-state index in [1.165, 1.54) is 11.3 Å². The minimum absolute atomic E-state index is 0.522. The minimum Gasteiger partial charge on any atom is -0.497 e. The van der Waals surface area contributed by atoms with E-state index in [1.807, 2.05) is 18.2 Å². The van der Waals surface area contributed by atoms with Crippen LogP contribution in [0, 0.1) is 0 Å². The normalized spacial score (nSPS) is 12.4. The lowest BCUT2D eigenvalue weighted by molar-refractivity contribution is 0.182. The van der Waals surface area contributed by atoms with E-state index in [-0.39, 0.29) is 0 Å². The molecule has 0 spiro atoms. The first-order chi connectivity index (χ1) is 8.20. The first-order valence-electron chi connectivity index (χ1n) is 5.09. The Morgan fingerprint density at radius 2 is 2.35 bits per heavy atom. The third-order valence-electron chi connectivity index (χ3n) is 2.45. The first-order valence-corrected chi connectivity index (χ1v) is 6.77. The van der Waals surface area contributed by atoms with Gasteiger partial charge in [-0.3, -0.25) is 4.98 Å². The molecule has 3 nitrogen and oxygen atoms in total. The molecule has 1 N–H and O–H groups in total. The number of rotatable bonds is 4. The highest BCUT2D eigenvalue weighted by atomic mass is 79.9. The van der Waals surface area contributed by atoms with Crippen molar-refractivity contribution < 1.29 is 9.84 Å². The minimum atomic E-state index is -0.522. The molecule has 90 valence electrons. The average molecular weight is 314 g/mol. The molecule has 0 saturated carbocycles. The summed E-state index contributed by atoms with van der Waals surface area (Å²) in [5, 5.41) is 10.1. The lowest BCUT2D eigenvalue weighted by Crippen LogP contribution is -2.00. The summed E-state index contributed by atoms with van der Waals surface area (Å²) in [6.07, 6.45) is 1.72. The summed E-state index contributed by atoms with van der Waals surface area (Å²) in [5.74, 6) is 0.791. The fourth-order valence-electron chi connectivity index (χ4n) is 1.53. The van der Waals surface area contributed by atoms with Gasteiger partial charge in [0.15, 0.2) is 0 Å². The van der Waals surface area contributed by atoms with E-state index in [1.54, 1.807) is 18.8 Å². The highest BCUT2D eigenvalue weighted by Crippen LogP contribution is 2.28. The molecular formula is C12H12BrNO2S. The molecule has 0 aliphatic rings. The molecule has 0 amide bonds. The van der Waals surface area contributed by atoms with Gasteiger partial charge >= 0.3 is 0 Å². The fraction of sp³-hybridized carbons (Fsp3) is 0.250. The van der Waals surface area contributed by atoms with Crippen LogP contribution in [0.3, 0.4) is 0 Å². The van der Waals surface area contributed by atoms with Crippen molar-refractivity contribution in [1.82, 2.24) is 4.98 Å². The number of hydrogen-bond acceptors (Lipinski definition) is 4. The van der Waals surface area contributed by atoms with Crippen molar-refractivity contribution >= 4 is 27.3 Å². The predicted octanol–water partition coefficient (Wildman–Crippen LogP) is 3.19. The Labute approximate surface area is 112 Å². The molecule has 1 heterocycles. The molecule has 2 rings (SSSR count). The number of hydrogen-bond donors (Lipinski definition) is 1. The van der Waals surface area contributed by atoms with Crippen LogP contribution in [0.15, 0.2) is 34.4 Å². The Morgan fingerprint density at radius 1 is 1.53 bits per heavy atom. The van der Waals surface area contributed by atoms with E-state index in [2.05, 4.69) is 20.9 Å². The summed E-state index contributed by atoms with van der Waals surface area (Å²) in [6.45, 7) is 0. The number of halogens is 1. The number of methoxy groups -OCH3 is 1. The van der Waals surface area contributed by atoms with Gasteiger partial charge in [-0.25, -0.2) is 0 Å². The monoisotopic (exact) mass is 313 g/mol. The Kier molecular flexibility index (Phi) is 4.15. The molecule has 0 fully saturated rings. The van der Waals surface area contributed by atoms with Crippen LogP contribution >= 0.6 is 27.3 Å². The van der Waals surface area contributed by atoms with Gasteiger partial charge in [-0.1, -0.05) is 15.9 Å². The van der Waals surface area contributed by atoms with E-state index in [0.717, 1.165) is 20.7 Å². The van der Waals surface area contributed by atoms with E-state index in [9.17, 15) is 5.11 Å². The van der Waals surface area contributed by atoms with E-state index in [0.29, 0.717) is 6.42 Å². The molecule has 5 heteroatoms. The Balaban J connectivity index is 2.18. The van der Waals surface area contributed by atoms with Crippen molar-refractivity contribution in [3.63, 3.8) is 0 Å². The van der Waals surface area contributed by atoms with Crippen molar-refractivity contribution in [3.8, 4) is 5.75 Å². The molecule has 0 aliphatic heterocycles. The summed E-state index contributed by atoms with van der Waals surface area (Å²) < 4.78 is 6.14. The van der Waals surface area contributed by atoms with Gasteiger partial charge in [-0.2, -0.15) is 0 Å². The summed E-state index contributed by atoms with van der Waals surface area (Å²) in [5.41, 5.74) is 2.74. The molecule has 1 aromatic carbocycles. The van der Waals surface area contributed by atoms with Gasteiger partial charge in [0, 0.05) is 17.1 Å². The van der Waals surface area contributed by atoms with Gasteiger partial charge < -0.3 is 9.84 Å². The maximum absolute atomic E-state index is 10.1. The van der Waals surface area contributed by atoms with Gasteiger partial charge in [-0.15, -0.1) is 11.3 Å². The van der Waals surface area contributed by atoms with Crippen molar-refractivity contribution in [1.29, 1.82) is 0 Å². The number of thiazole rings is 1. The van der Waals surface area contributed by atoms with Gasteiger partial charge in [0.1, 0.15) is 5.75 Å². The summed E-state index contributed by atoms with van der Waals surface area (Å²) in [7, 11) is 1.63. The van der Waals surface area contributed by atoms with Crippen LogP contribution in [0.4, 0.5) is 0 Å². The lowest BCUT2D eigenvalue weighted by atomic mass is 10.1. The van der Waals surface area contributed by atoms with E-state index >= 15 is 0 Å². The zero-order valence-electron chi connectivity index (χ0n) is 9.26. The largest absolute Gasteiger partial charge is 0.497 e. The maximum Gasteiger partial charge on any atom is 0.119 e. The van der Waals surface area contributed by atoms with Crippen LogP contribution < -0.4 is 4.74 Å². The summed E-state index contributed by atoms with van der Waals surface area (Å²) in [6, 6.07) is 5.73. The average Bonchev–Trinajstić information content (AvgIpc) is 2.85. The number of aromatic nitrogens is 1. The lowest BCUT2D eigenvalue weighted by Gasteiger charge is -2.11. The summed E-state index contributed by atoms with van der Waals surface area (Å²) >= 11 is 4.93. The Bertz CT molecular complexity index is 487. The van der Waals surface area contributed by atoms with Crippen LogP contribution in [0.2, 0.25) is 0 Å². The second kappa shape index (κ2) is 5.62. The second-order valence-electron chi connectivity index (χ2n) is 3.58. The second-order valence-corrected chi connectivity index (χ2v) is 5.35.